The van der Waals surface area contributed by atoms with Gasteiger partial charge in [0.15, 0.2) is 0 Å². The average Bonchev–Trinajstić information content (AvgIpc) is 1.46. The standard InChI is InChI=1S/C3H7.CH5N.Y.H2/c1-3-2;1-2;;/h1,3H2,2H3;2H2,1H3;;1H/q-1;;;/i;;;1+1. The van der Waals surface area contributed by atoms with Gasteiger partial charge >= 0.3 is 0 Å². The molecule has 0 fully saturated rings. The molecule has 6 heavy (non-hydrogen) atoms. The summed E-state index contributed by atoms with van der Waals surface area (Å²) in [5, 5.41) is 0. The minimum atomic E-state index is 0. The van der Waals surface area contributed by atoms with Crippen LogP contribution in [0.3, 0.4) is 0 Å². The molecule has 0 aromatic carbocycles. The molecule has 0 aromatic heterocycles. The molecule has 0 heterocycles. The quantitative estimate of drug-likeness (QED) is 0.535. The van der Waals surface area contributed by atoms with Crippen LogP contribution in [0.1, 0.15) is 14.8 Å². The van der Waals surface area contributed by atoms with E-state index in [9.17, 15) is 0 Å². The van der Waals surface area contributed by atoms with E-state index >= 15 is 0 Å². The molecule has 0 aliphatic carbocycles. The van der Waals surface area contributed by atoms with E-state index in [0.717, 1.165) is 6.42 Å². The summed E-state index contributed by atoms with van der Waals surface area (Å²) in [5.41, 5.74) is 4.50. The van der Waals surface area contributed by atoms with Gasteiger partial charge < -0.3 is 12.7 Å². The van der Waals surface area contributed by atoms with Gasteiger partial charge in [0.25, 0.3) is 0 Å². The molecular formula is C4H14NY-. The van der Waals surface area contributed by atoms with Crippen molar-refractivity contribution in [3.63, 3.8) is 0 Å². The second-order valence-electron chi connectivity index (χ2n) is 0.500. The first-order chi connectivity index (χ1) is 2.41. The maximum atomic E-state index is 4.50. The SMILES string of the molecule is CN.[2HH].[CH2-]CC.[Y]. The first-order valence-corrected chi connectivity index (χ1v) is 1.78. The Balaban J connectivity index is -0.0000000105. The van der Waals surface area contributed by atoms with Gasteiger partial charge in [0, 0.05) is 34.1 Å². The molecule has 0 unspecified atom stereocenters. The van der Waals surface area contributed by atoms with Crippen LogP contribution >= 0.6 is 0 Å². The van der Waals surface area contributed by atoms with Crippen molar-refractivity contribution in [3.8, 4) is 0 Å². The molecule has 0 aromatic rings. The summed E-state index contributed by atoms with van der Waals surface area (Å²) in [5.74, 6) is 0. The van der Waals surface area contributed by atoms with Crippen molar-refractivity contribution in [1.29, 1.82) is 0 Å². The molecule has 0 spiro atoms. The molecule has 0 saturated heterocycles. The van der Waals surface area contributed by atoms with Crippen molar-refractivity contribution in [1.82, 2.24) is 0 Å². The van der Waals surface area contributed by atoms with Crippen LogP contribution in [0.15, 0.2) is 0 Å². The molecule has 2 N–H and O–H groups in total. The number of hydrogen-bond donors (Lipinski definition) is 1. The molecule has 0 rings (SSSR count). The van der Waals surface area contributed by atoms with E-state index in [2.05, 4.69) is 12.7 Å². The first-order valence-electron chi connectivity index (χ1n) is 1.78. The van der Waals surface area contributed by atoms with Gasteiger partial charge in [0.2, 0.25) is 0 Å². The smallest absolute Gasteiger partial charge is 0 e. The van der Waals surface area contributed by atoms with E-state index in [0.29, 0.717) is 0 Å². The monoisotopic (exact) mass is 166 g/mol. The molecule has 0 aliphatic heterocycles. The second-order valence-corrected chi connectivity index (χ2v) is 0.500. The Morgan fingerprint density at radius 2 is 1.67 bits per heavy atom. The maximum Gasteiger partial charge on any atom is 0 e. The fraction of sp³-hybridized carbons (Fsp3) is 0.750. The summed E-state index contributed by atoms with van der Waals surface area (Å²) in [6.45, 7) is 5.50. The molecule has 0 amide bonds. The number of nitrogens with two attached hydrogens (primary N) is 1. The van der Waals surface area contributed by atoms with E-state index in [1.165, 1.54) is 7.05 Å². The fourth-order valence-electron chi connectivity index (χ4n) is 0. The third kappa shape index (κ3) is 73.9. The van der Waals surface area contributed by atoms with Crippen molar-refractivity contribution in [2.75, 3.05) is 7.05 Å². The summed E-state index contributed by atoms with van der Waals surface area (Å²) in [6, 6.07) is 0. The van der Waals surface area contributed by atoms with Crippen LogP contribution in [-0.4, -0.2) is 7.05 Å². The summed E-state index contributed by atoms with van der Waals surface area (Å²) >= 11 is 0. The summed E-state index contributed by atoms with van der Waals surface area (Å²) in [7, 11) is 1.50. The van der Waals surface area contributed by atoms with Crippen LogP contribution in [-0.2, 0) is 32.7 Å². The minimum Gasteiger partial charge on any atom is -0.344 e. The van der Waals surface area contributed by atoms with Crippen LogP contribution in [0.2, 0.25) is 0 Å². The van der Waals surface area contributed by atoms with E-state index in [-0.39, 0.29) is 34.1 Å². The second kappa shape index (κ2) is 36.5. The Labute approximate surface area is 67.0 Å². The van der Waals surface area contributed by atoms with Crippen LogP contribution in [0.4, 0.5) is 0 Å². The number of rotatable bonds is 0. The molecular weight excluding hydrogens is 151 g/mol. The van der Waals surface area contributed by atoms with E-state index < -0.39 is 0 Å². The Hall–Kier alpha value is 1.06. The van der Waals surface area contributed by atoms with Gasteiger partial charge in [0.1, 0.15) is 0 Å². The topological polar surface area (TPSA) is 26.0 Å². The first kappa shape index (κ1) is 15.7. The van der Waals surface area contributed by atoms with Gasteiger partial charge in [-0.05, 0) is 7.05 Å². The summed E-state index contributed by atoms with van der Waals surface area (Å²) in [4.78, 5) is 0. The van der Waals surface area contributed by atoms with Gasteiger partial charge in [-0.25, -0.2) is 0 Å². The zero-order valence-corrected chi connectivity index (χ0v) is 7.41. The Morgan fingerprint density at radius 1 is 1.67 bits per heavy atom. The Bertz CT molecular complexity index is 11.7. The molecule has 0 aliphatic rings. The van der Waals surface area contributed by atoms with Crippen molar-refractivity contribution >= 4 is 0 Å². The predicted octanol–water partition coefficient (Wildman–Crippen LogP) is 1.05. The third-order valence-electron chi connectivity index (χ3n) is 0. The maximum absolute atomic E-state index is 4.50. The normalized spacial score (nSPS) is 4.00. The molecule has 0 saturated carbocycles. The molecule has 0 bridgehead atoms. The molecule has 1 nitrogen and oxygen atoms in total. The van der Waals surface area contributed by atoms with Crippen LogP contribution < -0.4 is 5.73 Å². The van der Waals surface area contributed by atoms with Crippen LogP contribution in [0.25, 0.3) is 0 Å². The van der Waals surface area contributed by atoms with Gasteiger partial charge in [-0.1, -0.05) is 6.92 Å². The summed E-state index contributed by atoms with van der Waals surface area (Å²) in [6.07, 6.45) is 1.00. The zero-order chi connectivity index (χ0) is 4.71. The van der Waals surface area contributed by atoms with Crippen molar-refractivity contribution < 1.29 is 34.1 Å². The van der Waals surface area contributed by atoms with Gasteiger partial charge in [-0.2, -0.15) is 6.42 Å². The largest absolute Gasteiger partial charge is 0.344 e. The fourth-order valence-corrected chi connectivity index (χ4v) is 0. The van der Waals surface area contributed by atoms with Crippen LogP contribution in [0.5, 0.6) is 0 Å². The van der Waals surface area contributed by atoms with Crippen molar-refractivity contribution in [3.05, 3.63) is 6.92 Å². The Kier molecular flexibility index (Phi) is 95.7. The minimum absolute atomic E-state index is 0. The molecule has 39 valence electrons. The Morgan fingerprint density at radius 3 is 1.67 bits per heavy atom. The van der Waals surface area contributed by atoms with Crippen molar-refractivity contribution in [2.24, 2.45) is 5.73 Å². The van der Waals surface area contributed by atoms with Gasteiger partial charge in [0.05, 0.1) is 0 Å². The molecule has 0 atom stereocenters. The van der Waals surface area contributed by atoms with Crippen LogP contribution in [0, 0.1) is 6.92 Å². The van der Waals surface area contributed by atoms with E-state index in [1.807, 2.05) is 6.92 Å². The van der Waals surface area contributed by atoms with E-state index in [4.69, 9.17) is 0 Å². The van der Waals surface area contributed by atoms with E-state index in [1.54, 1.807) is 0 Å². The summed E-state index contributed by atoms with van der Waals surface area (Å²) < 4.78 is 0. The number of hydrogen-bond acceptors (Lipinski definition) is 1. The van der Waals surface area contributed by atoms with Crippen molar-refractivity contribution in [2.45, 2.75) is 13.3 Å². The third-order valence-corrected chi connectivity index (χ3v) is 0. The zero-order valence-electron chi connectivity index (χ0n) is 4.57. The molecule has 1 radical (unpaired) electrons. The molecule has 2 heteroatoms. The predicted molar refractivity (Wildman–Crippen MR) is 27.9 cm³/mol. The average molecular weight is 166 g/mol. The van der Waals surface area contributed by atoms with Gasteiger partial charge in [-0.3, -0.25) is 0 Å². The van der Waals surface area contributed by atoms with Gasteiger partial charge in [-0.15, -0.1) is 0 Å².